The van der Waals surface area contributed by atoms with E-state index >= 15 is 0 Å². The third-order valence-corrected chi connectivity index (χ3v) is 4.14. The largest absolute Gasteiger partial charge is 0.456 e. The Labute approximate surface area is 154 Å². The van der Waals surface area contributed by atoms with Gasteiger partial charge in [0.25, 0.3) is 5.91 Å². The molecule has 1 N–H and O–H groups in total. The zero-order chi connectivity index (χ0) is 18.4. The number of ether oxygens (including phenoxy) is 1. The summed E-state index contributed by atoms with van der Waals surface area (Å²) in [4.78, 5) is 27.8. The van der Waals surface area contributed by atoms with E-state index in [0.717, 1.165) is 11.1 Å². The molecule has 0 saturated heterocycles. The van der Waals surface area contributed by atoms with Gasteiger partial charge in [-0.2, -0.15) is 16.3 Å². The first-order chi connectivity index (χ1) is 12.6. The Hall–Kier alpha value is -3.00. The van der Waals surface area contributed by atoms with E-state index in [1.165, 1.54) is 11.3 Å². The second-order valence-corrected chi connectivity index (χ2v) is 6.38. The third kappa shape index (κ3) is 5.00. The highest BCUT2D eigenvalue weighted by molar-refractivity contribution is 7.08. The molecule has 0 saturated carbocycles. The number of benzene rings is 1. The molecule has 0 spiro atoms. The Morgan fingerprint density at radius 3 is 2.96 bits per heavy atom. The van der Waals surface area contributed by atoms with Crippen LogP contribution in [0.15, 0.2) is 45.6 Å². The van der Waals surface area contributed by atoms with Crippen molar-refractivity contribution < 1.29 is 18.8 Å². The molecule has 1 aromatic carbocycles. The highest BCUT2D eigenvalue weighted by Gasteiger charge is 2.13. The molecule has 0 bridgehead atoms. The fraction of sp³-hybridized carbons (Fsp3) is 0.222. The molecule has 7 nitrogen and oxygen atoms in total. The fourth-order valence-electron chi connectivity index (χ4n) is 2.21. The Morgan fingerprint density at radius 2 is 2.19 bits per heavy atom. The molecule has 0 aliphatic heterocycles. The molecule has 0 fully saturated rings. The minimum atomic E-state index is -0.500. The summed E-state index contributed by atoms with van der Waals surface area (Å²) < 4.78 is 10.1. The van der Waals surface area contributed by atoms with E-state index in [-0.39, 0.29) is 25.4 Å². The number of anilines is 1. The number of thiophene rings is 1. The van der Waals surface area contributed by atoms with Crippen molar-refractivity contribution in [3.8, 4) is 11.4 Å². The third-order valence-electron chi connectivity index (χ3n) is 3.46. The minimum absolute atomic E-state index is 0.0585. The molecular weight excluding hydrogens is 354 g/mol. The van der Waals surface area contributed by atoms with Gasteiger partial charge in [0.2, 0.25) is 11.7 Å². The average Bonchev–Trinajstić information content (AvgIpc) is 3.29. The molecule has 2 heterocycles. The molecular formula is C18H17N3O4S. The van der Waals surface area contributed by atoms with Crippen molar-refractivity contribution in [2.45, 2.75) is 19.8 Å². The van der Waals surface area contributed by atoms with Gasteiger partial charge >= 0.3 is 5.97 Å². The number of esters is 1. The summed E-state index contributed by atoms with van der Waals surface area (Å²) in [6.45, 7) is 1.59. The molecule has 8 heteroatoms. The predicted octanol–water partition coefficient (Wildman–Crippen LogP) is 3.22. The van der Waals surface area contributed by atoms with E-state index in [4.69, 9.17) is 9.26 Å². The lowest BCUT2D eigenvalue weighted by atomic mass is 10.2. The van der Waals surface area contributed by atoms with Crippen LogP contribution in [0.25, 0.3) is 11.4 Å². The lowest BCUT2D eigenvalue weighted by Crippen LogP contribution is -2.21. The van der Waals surface area contributed by atoms with E-state index in [9.17, 15) is 9.59 Å². The van der Waals surface area contributed by atoms with Crippen molar-refractivity contribution in [1.29, 1.82) is 0 Å². The SMILES string of the molecule is Cc1cccc(NC(=O)COC(=O)CCc2nc(-c3ccsc3)no2)c1. The zero-order valence-corrected chi connectivity index (χ0v) is 14.9. The summed E-state index contributed by atoms with van der Waals surface area (Å²) in [5.41, 5.74) is 2.57. The van der Waals surface area contributed by atoms with Crippen molar-refractivity contribution in [2.24, 2.45) is 0 Å². The van der Waals surface area contributed by atoms with E-state index in [0.29, 0.717) is 17.4 Å². The van der Waals surface area contributed by atoms with Gasteiger partial charge in [-0.1, -0.05) is 17.3 Å². The summed E-state index contributed by atoms with van der Waals surface area (Å²) >= 11 is 1.54. The highest BCUT2D eigenvalue weighted by atomic mass is 32.1. The van der Waals surface area contributed by atoms with Gasteiger partial charge in [0, 0.05) is 23.1 Å². The number of rotatable bonds is 7. The van der Waals surface area contributed by atoms with Gasteiger partial charge in [-0.15, -0.1) is 0 Å². The van der Waals surface area contributed by atoms with Gasteiger partial charge in [0.1, 0.15) is 0 Å². The molecule has 3 rings (SSSR count). The van der Waals surface area contributed by atoms with E-state index in [1.807, 2.05) is 41.9 Å². The number of amides is 1. The number of nitrogens with zero attached hydrogens (tertiary/aromatic N) is 2. The van der Waals surface area contributed by atoms with Crippen LogP contribution in [0, 0.1) is 6.92 Å². The topological polar surface area (TPSA) is 94.3 Å². The number of aryl methyl sites for hydroxylation is 2. The Morgan fingerprint density at radius 1 is 1.31 bits per heavy atom. The standard InChI is InChI=1S/C18H17N3O4S/c1-12-3-2-4-14(9-12)19-15(22)10-24-17(23)6-5-16-20-18(21-25-16)13-7-8-26-11-13/h2-4,7-9,11H,5-6,10H2,1H3,(H,19,22). The van der Waals surface area contributed by atoms with Crippen LogP contribution in [0.1, 0.15) is 17.9 Å². The van der Waals surface area contributed by atoms with Crippen molar-refractivity contribution >= 4 is 28.9 Å². The Bertz CT molecular complexity index is 889. The quantitative estimate of drug-likeness (QED) is 0.641. The van der Waals surface area contributed by atoms with Crippen molar-refractivity contribution in [3.05, 3.63) is 52.5 Å². The van der Waals surface area contributed by atoms with Crippen LogP contribution in [0.3, 0.4) is 0 Å². The van der Waals surface area contributed by atoms with Crippen LogP contribution in [-0.4, -0.2) is 28.6 Å². The van der Waals surface area contributed by atoms with Gasteiger partial charge in [0.05, 0.1) is 6.42 Å². The van der Waals surface area contributed by atoms with E-state index < -0.39 is 5.97 Å². The molecule has 0 aliphatic carbocycles. The Kier molecular flexibility index (Phi) is 5.75. The lowest BCUT2D eigenvalue weighted by Gasteiger charge is -2.06. The van der Waals surface area contributed by atoms with Crippen molar-refractivity contribution in [1.82, 2.24) is 10.1 Å². The molecule has 2 aromatic heterocycles. The summed E-state index contributed by atoms with van der Waals surface area (Å²) in [5.74, 6) is -0.0410. The molecule has 0 radical (unpaired) electrons. The number of aromatic nitrogens is 2. The first kappa shape index (κ1) is 17.8. The molecule has 0 atom stereocenters. The van der Waals surface area contributed by atoms with Gasteiger partial charge in [-0.25, -0.2) is 0 Å². The van der Waals surface area contributed by atoms with Crippen LogP contribution in [0.5, 0.6) is 0 Å². The maximum atomic E-state index is 11.8. The lowest BCUT2D eigenvalue weighted by molar-refractivity contribution is -0.147. The second kappa shape index (κ2) is 8.39. The number of hydrogen-bond acceptors (Lipinski definition) is 7. The normalized spacial score (nSPS) is 10.5. The first-order valence-corrected chi connectivity index (χ1v) is 8.92. The summed E-state index contributed by atoms with van der Waals surface area (Å²) in [6, 6.07) is 9.26. The van der Waals surface area contributed by atoms with Gasteiger partial charge in [0.15, 0.2) is 6.61 Å². The summed E-state index contributed by atoms with van der Waals surface area (Å²) in [6.07, 6.45) is 0.318. The molecule has 3 aromatic rings. The summed E-state index contributed by atoms with van der Waals surface area (Å²) in [5, 5.41) is 10.4. The van der Waals surface area contributed by atoms with Gasteiger partial charge < -0.3 is 14.6 Å². The zero-order valence-electron chi connectivity index (χ0n) is 14.1. The fourth-order valence-corrected chi connectivity index (χ4v) is 2.85. The van der Waals surface area contributed by atoms with E-state index in [1.54, 1.807) is 6.07 Å². The minimum Gasteiger partial charge on any atom is -0.456 e. The van der Waals surface area contributed by atoms with Crippen LogP contribution >= 0.6 is 11.3 Å². The van der Waals surface area contributed by atoms with Gasteiger partial charge in [-0.3, -0.25) is 9.59 Å². The van der Waals surface area contributed by atoms with Gasteiger partial charge in [-0.05, 0) is 36.1 Å². The number of carbonyl (C=O) groups excluding carboxylic acids is 2. The smallest absolute Gasteiger partial charge is 0.306 e. The number of nitrogens with one attached hydrogen (secondary N) is 1. The summed E-state index contributed by atoms with van der Waals surface area (Å²) in [7, 11) is 0. The van der Waals surface area contributed by atoms with Crippen LogP contribution in [0.4, 0.5) is 5.69 Å². The van der Waals surface area contributed by atoms with Crippen LogP contribution < -0.4 is 5.32 Å². The molecule has 134 valence electrons. The first-order valence-electron chi connectivity index (χ1n) is 7.97. The molecule has 1 amide bonds. The molecule has 0 unspecified atom stereocenters. The highest BCUT2D eigenvalue weighted by Crippen LogP contribution is 2.19. The van der Waals surface area contributed by atoms with Crippen LogP contribution in [0.2, 0.25) is 0 Å². The monoisotopic (exact) mass is 371 g/mol. The predicted molar refractivity (Wildman–Crippen MR) is 96.7 cm³/mol. The maximum Gasteiger partial charge on any atom is 0.306 e. The van der Waals surface area contributed by atoms with E-state index in [2.05, 4.69) is 15.5 Å². The molecule has 0 aliphatic rings. The molecule has 26 heavy (non-hydrogen) atoms. The maximum absolute atomic E-state index is 11.8. The van der Waals surface area contributed by atoms with Crippen molar-refractivity contribution in [3.63, 3.8) is 0 Å². The number of hydrogen-bond donors (Lipinski definition) is 1. The second-order valence-electron chi connectivity index (χ2n) is 5.60. The number of carbonyl (C=O) groups is 2. The average molecular weight is 371 g/mol. The van der Waals surface area contributed by atoms with Crippen molar-refractivity contribution in [2.75, 3.05) is 11.9 Å². The van der Waals surface area contributed by atoms with Crippen LogP contribution in [-0.2, 0) is 20.7 Å². The Balaban J connectivity index is 1.41.